The number of nitriles is 1. The maximum absolute atomic E-state index is 13.5. The summed E-state index contributed by atoms with van der Waals surface area (Å²) in [6, 6.07) is 12.0. The summed E-state index contributed by atoms with van der Waals surface area (Å²) >= 11 is 1.13. The van der Waals surface area contributed by atoms with E-state index in [4.69, 9.17) is 14.7 Å². The van der Waals surface area contributed by atoms with E-state index in [1.165, 1.54) is 18.8 Å². The van der Waals surface area contributed by atoms with Crippen LogP contribution in [-0.2, 0) is 0 Å². The van der Waals surface area contributed by atoms with Crippen LogP contribution in [0.4, 0.5) is 0 Å². The molecule has 0 aliphatic heterocycles. The van der Waals surface area contributed by atoms with Crippen LogP contribution in [0.1, 0.15) is 24.2 Å². The second kappa shape index (κ2) is 10.2. The van der Waals surface area contributed by atoms with E-state index in [1.54, 1.807) is 36.4 Å². The molecule has 166 valence electrons. The first-order valence-corrected chi connectivity index (χ1v) is 10.9. The molecule has 3 aromatic rings. The summed E-state index contributed by atoms with van der Waals surface area (Å²) in [6.45, 7) is 4.57. The normalized spacial score (nSPS) is 10.8. The molecular weight excluding hydrogens is 428 g/mol. The summed E-state index contributed by atoms with van der Waals surface area (Å²) < 4.78 is 12.1. The first kappa shape index (κ1) is 23.2. The van der Waals surface area contributed by atoms with Gasteiger partial charge >= 0.3 is 0 Å². The highest BCUT2D eigenvalue weighted by Crippen LogP contribution is 2.28. The quantitative estimate of drug-likeness (QED) is 0.412. The summed E-state index contributed by atoms with van der Waals surface area (Å²) in [4.78, 5) is 30.5. The zero-order valence-corrected chi connectivity index (χ0v) is 19.2. The lowest BCUT2D eigenvalue weighted by atomic mass is 10.1. The van der Waals surface area contributed by atoms with Gasteiger partial charge in [0.2, 0.25) is 0 Å². The third-order valence-corrected chi connectivity index (χ3v) is 5.44. The van der Waals surface area contributed by atoms with Crippen molar-refractivity contribution in [1.29, 1.82) is 5.26 Å². The summed E-state index contributed by atoms with van der Waals surface area (Å²) in [5.41, 5.74) is 0.987. The van der Waals surface area contributed by atoms with Gasteiger partial charge in [0.05, 0.1) is 42.6 Å². The number of carbonyl (C=O) groups excluding carboxylic acids is 1. The van der Waals surface area contributed by atoms with Gasteiger partial charge in [-0.2, -0.15) is 5.26 Å². The predicted molar refractivity (Wildman–Crippen MR) is 124 cm³/mol. The van der Waals surface area contributed by atoms with Gasteiger partial charge in [-0.3, -0.25) is 14.2 Å². The smallest absolute Gasteiger partial charge is 0.266 e. The van der Waals surface area contributed by atoms with E-state index in [9.17, 15) is 9.59 Å². The highest BCUT2D eigenvalue weighted by Gasteiger charge is 2.17. The molecule has 32 heavy (non-hydrogen) atoms. The largest absolute Gasteiger partial charge is 0.497 e. The standard InChI is InChI=1S/C23H24N4O4S/c1-14(2)13-25-21(28)15-5-6-19-20(9-15)26-23(32-8-7-24)27(22(19)29)16-10-17(30-3)12-18(11-16)31-4/h5-6,9-12,14H,8,13H2,1-4H3,(H,25,28). The maximum Gasteiger partial charge on any atom is 0.266 e. The fourth-order valence-corrected chi connectivity index (χ4v) is 3.72. The Balaban J connectivity index is 2.18. The van der Waals surface area contributed by atoms with Gasteiger partial charge in [0.15, 0.2) is 5.16 Å². The Bertz CT molecular complexity index is 1220. The zero-order valence-electron chi connectivity index (χ0n) is 18.3. The molecule has 0 saturated heterocycles. The summed E-state index contributed by atoms with van der Waals surface area (Å²) in [7, 11) is 3.05. The highest BCUT2D eigenvalue weighted by molar-refractivity contribution is 7.99. The minimum absolute atomic E-state index is 0.105. The van der Waals surface area contributed by atoms with Crippen LogP contribution in [0, 0.1) is 17.2 Å². The molecule has 0 atom stereocenters. The van der Waals surface area contributed by atoms with Crippen molar-refractivity contribution in [2.75, 3.05) is 26.5 Å². The number of hydrogen-bond acceptors (Lipinski definition) is 7. The number of nitrogens with one attached hydrogen (secondary N) is 1. The molecule has 1 amide bonds. The Morgan fingerprint density at radius 3 is 2.47 bits per heavy atom. The van der Waals surface area contributed by atoms with Gasteiger partial charge in [0, 0.05) is 30.3 Å². The number of benzene rings is 2. The molecule has 2 aromatic carbocycles. The molecule has 0 fully saturated rings. The number of methoxy groups -OCH3 is 2. The molecule has 1 heterocycles. The molecule has 0 aliphatic carbocycles. The number of rotatable bonds is 8. The van der Waals surface area contributed by atoms with Crippen LogP contribution in [0.25, 0.3) is 16.6 Å². The molecule has 0 bridgehead atoms. The molecule has 0 unspecified atom stereocenters. The Morgan fingerprint density at radius 1 is 1.19 bits per heavy atom. The number of ether oxygens (including phenoxy) is 2. The van der Waals surface area contributed by atoms with Gasteiger partial charge in [0.1, 0.15) is 11.5 Å². The summed E-state index contributed by atoms with van der Waals surface area (Å²) in [6.07, 6.45) is 0. The van der Waals surface area contributed by atoms with Gasteiger partial charge < -0.3 is 14.8 Å². The third-order valence-electron chi connectivity index (χ3n) is 4.63. The maximum atomic E-state index is 13.5. The monoisotopic (exact) mass is 452 g/mol. The Morgan fingerprint density at radius 2 is 1.88 bits per heavy atom. The fourth-order valence-electron chi connectivity index (χ4n) is 3.05. The summed E-state index contributed by atoms with van der Waals surface area (Å²) in [5.74, 6) is 1.22. The minimum Gasteiger partial charge on any atom is -0.497 e. The Hall–Kier alpha value is -3.51. The molecule has 0 saturated carbocycles. The molecular formula is C23H24N4O4S. The van der Waals surface area contributed by atoms with E-state index in [0.29, 0.717) is 51.3 Å². The van der Waals surface area contributed by atoms with Gasteiger partial charge in [-0.1, -0.05) is 25.6 Å². The number of thioether (sulfide) groups is 1. The lowest BCUT2D eigenvalue weighted by molar-refractivity contribution is 0.0949. The van der Waals surface area contributed by atoms with Gasteiger partial charge in [0.25, 0.3) is 11.5 Å². The van der Waals surface area contributed by atoms with Gasteiger partial charge in [-0.15, -0.1) is 0 Å². The molecule has 0 aliphatic rings. The number of nitrogens with zero attached hydrogens (tertiary/aromatic N) is 3. The minimum atomic E-state index is -0.320. The predicted octanol–water partition coefficient (Wildman–Crippen LogP) is 3.40. The first-order valence-electron chi connectivity index (χ1n) is 9.96. The SMILES string of the molecule is COc1cc(OC)cc(-n2c(SCC#N)nc3cc(C(=O)NCC(C)C)ccc3c2=O)c1. The average Bonchev–Trinajstić information content (AvgIpc) is 2.80. The van der Waals surface area contributed by atoms with Crippen LogP contribution in [0.5, 0.6) is 11.5 Å². The lowest BCUT2D eigenvalue weighted by Crippen LogP contribution is -2.27. The van der Waals surface area contributed by atoms with Crippen molar-refractivity contribution >= 4 is 28.6 Å². The molecule has 3 rings (SSSR count). The van der Waals surface area contributed by atoms with Crippen LogP contribution in [0.15, 0.2) is 46.3 Å². The van der Waals surface area contributed by atoms with E-state index < -0.39 is 0 Å². The van der Waals surface area contributed by atoms with E-state index in [2.05, 4.69) is 16.4 Å². The van der Waals surface area contributed by atoms with Crippen LogP contribution < -0.4 is 20.3 Å². The molecule has 0 radical (unpaired) electrons. The Kier molecular flexibility index (Phi) is 7.38. The lowest BCUT2D eigenvalue weighted by Gasteiger charge is -2.15. The van der Waals surface area contributed by atoms with Crippen LogP contribution in [0.2, 0.25) is 0 Å². The zero-order chi connectivity index (χ0) is 23.3. The van der Waals surface area contributed by atoms with Crippen molar-refractivity contribution in [3.8, 4) is 23.3 Å². The second-order valence-electron chi connectivity index (χ2n) is 7.39. The van der Waals surface area contributed by atoms with Crippen LogP contribution in [0.3, 0.4) is 0 Å². The van der Waals surface area contributed by atoms with E-state index in [-0.39, 0.29) is 17.2 Å². The molecule has 9 heteroatoms. The van der Waals surface area contributed by atoms with E-state index in [1.807, 2.05) is 13.8 Å². The van der Waals surface area contributed by atoms with E-state index in [0.717, 1.165) is 11.8 Å². The number of amides is 1. The second-order valence-corrected chi connectivity index (χ2v) is 8.33. The topological polar surface area (TPSA) is 106 Å². The average molecular weight is 453 g/mol. The third kappa shape index (κ3) is 5.03. The first-order chi connectivity index (χ1) is 15.4. The van der Waals surface area contributed by atoms with E-state index >= 15 is 0 Å². The van der Waals surface area contributed by atoms with Gasteiger partial charge in [-0.25, -0.2) is 4.98 Å². The van der Waals surface area contributed by atoms with Crippen molar-refractivity contribution < 1.29 is 14.3 Å². The number of aromatic nitrogens is 2. The number of fused-ring (bicyclic) bond motifs is 1. The number of carbonyl (C=O) groups is 1. The van der Waals surface area contributed by atoms with Crippen LogP contribution in [-0.4, -0.2) is 42.0 Å². The highest BCUT2D eigenvalue weighted by atomic mass is 32.2. The van der Waals surface area contributed by atoms with Crippen LogP contribution >= 0.6 is 11.8 Å². The molecule has 1 N–H and O–H groups in total. The number of hydrogen-bond donors (Lipinski definition) is 1. The molecule has 8 nitrogen and oxygen atoms in total. The molecule has 1 aromatic heterocycles. The van der Waals surface area contributed by atoms with Crippen molar-refractivity contribution in [2.24, 2.45) is 5.92 Å². The Labute approximate surface area is 190 Å². The van der Waals surface area contributed by atoms with Crippen molar-refractivity contribution in [3.05, 3.63) is 52.3 Å². The van der Waals surface area contributed by atoms with Crippen molar-refractivity contribution in [2.45, 2.75) is 19.0 Å². The van der Waals surface area contributed by atoms with Gasteiger partial charge in [-0.05, 0) is 24.1 Å². The van der Waals surface area contributed by atoms with Crippen molar-refractivity contribution in [3.63, 3.8) is 0 Å². The fraction of sp³-hybridized carbons (Fsp3) is 0.304. The molecule has 0 spiro atoms. The summed E-state index contributed by atoms with van der Waals surface area (Å²) in [5, 5.41) is 12.6. The van der Waals surface area contributed by atoms with Crippen molar-refractivity contribution in [1.82, 2.24) is 14.9 Å².